The second-order valence-electron chi connectivity index (χ2n) is 9.83. The van der Waals surface area contributed by atoms with Crippen LogP contribution in [0.5, 0.6) is 0 Å². The molecule has 8 aromatic rings. The molecule has 2 nitrogen and oxygen atoms in total. The van der Waals surface area contributed by atoms with Crippen LogP contribution in [0.2, 0.25) is 0 Å². The fraction of sp³-hybridized carbons (Fsp3) is 0. The Hall–Kier alpha value is -4.86. The molecular formula is C36H22N2S. The summed E-state index contributed by atoms with van der Waals surface area (Å²) in [7, 11) is 0. The zero-order valence-electron chi connectivity index (χ0n) is 21.0. The molecule has 0 spiro atoms. The Labute approximate surface area is 229 Å². The molecule has 0 bridgehead atoms. The Balaban J connectivity index is 1.32. The van der Waals surface area contributed by atoms with Gasteiger partial charge >= 0.3 is 0 Å². The summed E-state index contributed by atoms with van der Waals surface area (Å²) in [6.45, 7) is 0. The average Bonchev–Trinajstić information content (AvgIpc) is 3.40. The van der Waals surface area contributed by atoms with Crippen molar-refractivity contribution >= 4 is 53.3 Å². The van der Waals surface area contributed by atoms with Gasteiger partial charge in [-0.1, -0.05) is 103 Å². The Morgan fingerprint density at radius 3 is 1.90 bits per heavy atom. The summed E-state index contributed by atoms with van der Waals surface area (Å²) < 4.78 is 2.68. The second-order valence-corrected chi connectivity index (χ2v) is 10.9. The van der Waals surface area contributed by atoms with Crippen molar-refractivity contribution in [3.63, 3.8) is 0 Å². The number of rotatable bonds is 3. The molecule has 0 radical (unpaired) electrons. The van der Waals surface area contributed by atoms with Gasteiger partial charge in [-0.25, -0.2) is 9.97 Å². The van der Waals surface area contributed by atoms with Crippen molar-refractivity contribution in [2.24, 2.45) is 0 Å². The lowest BCUT2D eigenvalue weighted by Gasteiger charge is -2.12. The molecule has 0 saturated carbocycles. The van der Waals surface area contributed by atoms with Crippen LogP contribution in [0.1, 0.15) is 0 Å². The molecule has 3 heteroatoms. The van der Waals surface area contributed by atoms with Crippen molar-refractivity contribution in [2.45, 2.75) is 0 Å². The Morgan fingerprint density at radius 2 is 1.05 bits per heavy atom. The zero-order valence-corrected chi connectivity index (χ0v) is 21.8. The minimum absolute atomic E-state index is 0.898. The van der Waals surface area contributed by atoms with Crippen molar-refractivity contribution < 1.29 is 0 Å². The molecule has 0 aliphatic carbocycles. The SMILES string of the molecule is c1ccc(-c2nc3ccccc3nc2-c2cccc(-c3ccc4ccc5c6ccccc6sc5c4c3)c2)cc1. The van der Waals surface area contributed by atoms with Crippen molar-refractivity contribution in [2.75, 3.05) is 0 Å². The largest absolute Gasteiger partial charge is 0.244 e. The number of hydrogen-bond acceptors (Lipinski definition) is 3. The third-order valence-electron chi connectivity index (χ3n) is 7.45. The number of para-hydroxylation sites is 2. The lowest BCUT2D eigenvalue weighted by molar-refractivity contribution is 1.29. The number of nitrogens with zero attached hydrogens (tertiary/aromatic N) is 2. The summed E-state index contributed by atoms with van der Waals surface area (Å²) in [5.74, 6) is 0. The highest BCUT2D eigenvalue weighted by Crippen LogP contribution is 2.40. The van der Waals surface area contributed by atoms with E-state index in [0.717, 1.165) is 33.5 Å². The minimum Gasteiger partial charge on any atom is -0.244 e. The first-order chi connectivity index (χ1) is 19.3. The number of thiophene rings is 1. The van der Waals surface area contributed by atoms with Crippen LogP contribution < -0.4 is 0 Å². The van der Waals surface area contributed by atoms with E-state index in [1.165, 1.54) is 42.1 Å². The van der Waals surface area contributed by atoms with E-state index in [1.807, 2.05) is 41.7 Å². The summed E-state index contributed by atoms with van der Waals surface area (Å²) in [6.07, 6.45) is 0. The van der Waals surface area contributed by atoms with E-state index in [-0.39, 0.29) is 0 Å². The summed E-state index contributed by atoms with van der Waals surface area (Å²) >= 11 is 1.88. The quantitative estimate of drug-likeness (QED) is 0.234. The minimum atomic E-state index is 0.898. The van der Waals surface area contributed by atoms with Crippen molar-refractivity contribution in [3.05, 3.63) is 133 Å². The van der Waals surface area contributed by atoms with E-state index >= 15 is 0 Å². The maximum absolute atomic E-state index is 5.11. The van der Waals surface area contributed by atoms with Crippen LogP contribution in [0, 0.1) is 0 Å². The smallest absolute Gasteiger partial charge is 0.0973 e. The first kappa shape index (κ1) is 22.2. The number of hydrogen-bond donors (Lipinski definition) is 0. The first-order valence-electron chi connectivity index (χ1n) is 13.1. The summed E-state index contributed by atoms with van der Waals surface area (Å²) in [5, 5.41) is 5.22. The van der Waals surface area contributed by atoms with Gasteiger partial charge in [-0.3, -0.25) is 0 Å². The highest BCUT2D eigenvalue weighted by atomic mass is 32.1. The molecule has 8 rings (SSSR count). The van der Waals surface area contributed by atoms with Gasteiger partial charge in [0.1, 0.15) is 0 Å². The maximum atomic E-state index is 5.11. The van der Waals surface area contributed by atoms with Gasteiger partial charge in [-0.05, 0) is 46.8 Å². The third kappa shape index (κ3) is 3.70. The standard InChI is InChI=1S/C36H22N2S/c1-2-9-24(10-3-1)34-35(38-32-15-6-5-14-31(32)37-34)27-12-8-11-25(21-27)26-18-17-23-19-20-29-28-13-4-7-16-33(28)39-36(29)30(23)22-26/h1-22H. The van der Waals surface area contributed by atoms with Crippen LogP contribution in [-0.4, -0.2) is 9.97 Å². The average molecular weight is 515 g/mol. The molecule has 0 saturated heterocycles. The van der Waals surface area contributed by atoms with Gasteiger partial charge in [0.15, 0.2) is 0 Å². The van der Waals surface area contributed by atoms with Gasteiger partial charge in [0, 0.05) is 36.7 Å². The van der Waals surface area contributed by atoms with Crippen LogP contribution in [0.3, 0.4) is 0 Å². The predicted octanol–water partition coefficient (Wildman–Crippen LogP) is 10.2. The van der Waals surface area contributed by atoms with Crippen molar-refractivity contribution in [1.29, 1.82) is 0 Å². The van der Waals surface area contributed by atoms with E-state index in [0.29, 0.717) is 0 Å². The molecule has 0 amide bonds. The van der Waals surface area contributed by atoms with Crippen LogP contribution in [0.15, 0.2) is 133 Å². The van der Waals surface area contributed by atoms with E-state index in [4.69, 9.17) is 9.97 Å². The molecule has 0 fully saturated rings. The number of fused-ring (bicyclic) bond motifs is 6. The molecule has 0 aliphatic heterocycles. The summed E-state index contributed by atoms with van der Waals surface area (Å²) in [5.41, 5.74) is 8.09. The van der Waals surface area contributed by atoms with Gasteiger partial charge in [0.2, 0.25) is 0 Å². The predicted molar refractivity (Wildman–Crippen MR) is 166 cm³/mol. The molecule has 0 N–H and O–H groups in total. The van der Waals surface area contributed by atoms with Gasteiger partial charge < -0.3 is 0 Å². The molecule has 6 aromatic carbocycles. The van der Waals surface area contributed by atoms with Gasteiger partial charge in [-0.15, -0.1) is 11.3 Å². The molecule has 0 aliphatic rings. The fourth-order valence-corrected chi connectivity index (χ4v) is 6.76. The highest BCUT2D eigenvalue weighted by Gasteiger charge is 2.15. The molecule has 182 valence electrons. The molecule has 39 heavy (non-hydrogen) atoms. The maximum Gasteiger partial charge on any atom is 0.0973 e. The monoisotopic (exact) mass is 514 g/mol. The lowest BCUT2D eigenvalue weighted by atomic mass is 9.96. The van der Waals surface area contributed by atoms with Crippen LogP contribution in [-0.2, 0) is 0 Å². The van der Waals surface area contributed by atoms with E-state index in [1.54, 1.807) is 0 Å². The summed E-state index contributed by atoms with van der Waals surface area (Å²) in [4.78, 5) is 10.2. The molecule has 0 unspecified atom stereocenters. The molecule has 0 atom stereocenters. The van der Waals surface area contributed by atoms with E-state index in [2.05, 4.69) is 103 Å². The third-order valence-corrected chi connectivity index (χ3v) is 8.67. The van der Waals surface area contributed by atoms with Gasteiger partial charge in [0.25, 0.3) is 0 Å². The van der Waals surface area contributed by atoms with E-state index < -0.39 is 0 Å². The number of aromatic nitrogens is 2. The second kappa shape index (κ2) is 8.87. The first-order valence-corrected chi connectivity index (χ1v) is 13.9. The molecular weight excluding hydrogens is 492 g/mol. The molecule has 2 aromatic heterocycles. The lowest BCUT2D eigenvalue weighted by Crippen LogP contribution is -1.95. The summed E-state index contributed by atoms with van der Waals surface area (Å²) in [6, 6.07) is 47.1. The molecule has 2 heterocycles. The normalized spacial score (nSPS) is 11.6. The van der Waals surface area contributed by atoms with Gasteiger partial charge in [0.05, 0.1) is 22.4 Å². The topological polar surface area (TPSA) is 25.8 Å². The van der Waals surface area contributed by atoms with Crippen molar-refractivity contribution in [3.8, 4) is 33.6 Å². The zero-order chi connectivity index (χ0) is 25.8. The highest BCUT2D eigenvalue weighted by molar-refractivity contribution is 7.26. The van der Waals surface area contributed by atoms with Crippen LogP contribution in [0.4, 0.5) is 0 Å². The van der Waals surface area contributed by atoms with Crippen molar-refractivity contribution in [1.82, 2.24) is 9.97 Å². The Bertz CT molecular complexity index is 2180. The fourth-order valence-electron chi connectivity index (χ4n) is 5.53. The van der Waals surface area contributed by atoms with E-state index in [9.17, 15) is 0 Å². The van der Waals surface area contributed by atoms with Crippen LogP contribution in [0.25, 0.3) is 75.6 Å². The van der Waals surface area contributed by atoms with Gasteiger partial charge in [-0.2, -0.15) is 0 Å². The number of benzene rings is 6. The Morgan fingerprint density at radius 1 is 0.410 bits per heavy atom. The van der Waals surface area contributed by atoms with Crippen LogP contribution >= 0.6 is 11.3 Å². The Kier molecular flexibility index (Phi) is 5.04.